The van der Waals surface area contributed by atoms with Crippen molar-refractivity contribution in [1.29, 1.82) is 0 Å². The molecule has 178 valence electrons. The first-order chi connectivity index (χ1) is 17.0. The summed E-state index contributed by atoms with van der Waals surface area (Å²) in [6.07, 6.45) is 0. The number of hydrogen-bond donors (Lipinski definition) is 1. The van der Waals surface area contributed by atoms with Crippen LogP contribution < -0.4 is 5.32 Å². The van der Waals surface area contributed by atoms with Gasteiger partial charge in [0.25, 0.3) is 5.91 Å². The normalized spacial score (nSPS) is 15.2. The third-order valence-corrected chi connectivity index (χ3v) is 8.29. The number of fused-ring (bicyclic) bond motifs is 1. The maximum atomic E-state index is 12.8. The van der Waals surface area contributed by atoms with Gasteiger partial charge in [-0.2, -0.15) is 4.31 Å². The lowest BCUT2D eigenvalue weighted by atomic mass is 10.1. The van der Waals surface area contributed by atoms with Crippen LogP contribution >= 0.6 is 0 Å². The van der Waals surface area contributed by atoms with Crippen molar-refractivity contribution >= 4 is 32.4 Å². The monoisotopic (exact) mass is 485 g/mol. The first-order valence-electron chi connectivity index (χ1n) is 11.7. The Morgan fingerprint density at radius 3 is 2.14 bits per heavy atom. The zero-order valence-corrected chi connectivity index (χ0v) is 20.1. The summed E-state index contributed by atoms with van der Waals surface area (Å²) in [6.45, 7) is 2.96. The molecule has 0 aliphatic carbocycles. The highest BCUT2D eigenvalue weighted by Crippen LogP contribution is 2.24. The lowest BCUT2D eigenvalue weighted by Gasteiger charge is -2.34. The van der Waals surface area contributed by atoms with E-state index in [1.807, 2.05) is 72.8 Å². The Balaban J connectivity index is 1.18. The van der Waals surface area contributed by atoms with Crippen molar-refractivity contribution < 1.29 is 13.2 Å². The number of carbonyl (C=O) groups excluding carboxylic acids is 1. The minimum atomic E-state index is -3.45. The van der Waals surface area contributed by atoms with Gasteiger partial charge in [-0.3, -0.25) is 9.69 Å². The quantitative estimate of drug-likeness (QED) is 0.433. The van der Waals surface area contributed by atoms with E-state index in [-0.39, 0.29) is 5.91 Å². The van der Waals surface area contributed by atoms with Gasteiger partial charge in [-0.1, -0.05) is 66.7 Å². The molecule has 4 aromatic rings. The maximum absolute atomic E-state index is 12.8. The molecule has 0 unspecified atom stereocenters. The zero-order valence-electron chi connectivity index (χ0n) is 19.3. The van der Waals surface area contributed by atoms with Crippen LogP contribution in [0, 0.1) is 0 Å². The van der Waals surface area contributed by atoms with E-state index < -0.39 is 10.0 Å². The summed E-state index contributed by atoms with van der Waals surface area (Å²) < 4.78 is 27.2. The number of anilines is 1. The number of benzene rings is 4. The average Bonchev–Trinajstić information content (AvgIpc) is 2.90. The summed E-state index contributed by atoms with van der Waals surface area (Å²) in [6, 6.07) is 30.0. The fourth-order valence-corrected chi connectivity index (χ4v) is 5.86. The number of carbonyl (C=O) groups is 1. The summed E-state index contributed by atoms with van der Waals surface area (Å²) in [4.78, 5) is 15.4. The Hall–Kier alpha value is -3.52. The van der Waals surface area contributed by atoms with E-state index in [0.29, 0.717) is 43.2 Å². The SMILES string of the molecule is O=C(Nc1cccc2ccccc12)c1ccc(CN2CCN(S(=O)(=O)c3ccccc3)CC2)cc1. The van der Waals surface area contributed by atoms with Gasteiger partial charge in [-0.25, -0.2) is 8.42 Å². The molecule has 5 rings (SSSR count). The van der Waals surface area contributed by atoms with E-state index in [0.717, 1.165) is 22.0 Å². The summed E-state index contributed by atoms with van der Waals surface area (Å²) in [5.74, 6) is -0.146. The van der Waals surface area contributed by atoms with Gasteiger partial charge in [0, 0.05) is 49.4 Å². The van der Waals surface area contributed by atoms with Gasteiger partial charge in [-0.05, 0) is 41.3 Å². The van der Waals surface area contributed by atoms with Gasteiger partial charge < -0.3 is 5.32 Å². The van der Waals surface area contributed by atoms with Crippen LogP contribution in [0.1, 0.15) is 15.9 Å². The second-order valence-electron chi connectivity index (χ2n) is 8.67. The molecule has 0 spiro atoms. The molecule has 1 aliphatic rings. The molecule has 1 saturated heterocycles. The van der Waals surface area contributed by atoms with E-state index in [1.54, 1.807) is 28.6 Å². The summed E-state index contributed by atoms with van der Waals surface area (Å²) in [5, 5.41) is 5.11. The standard InChI is InChI=1S/C28H27N3O3S/c32-28(29-27-12-6-8-23-7-4-5-11-26(23)27)24-15-13-22(14-16-24)21-30-17-19-31(20-18-30)35(33,34)25-9-2-1-3-10-25/h1-16H,17-21H2,(H,29,32). The Morgan fingerprint density at radius 1 is 0.743 bits per heavy atom. The van der Waals surface area contributed by atoms with Crippen LogP contribution in [-0.4, -0.2) is 49.7 Å². The molecular formula is C28H27N3O3S. The molecule has 1 fully saturated rings. The highest BCUT2D eigenvalue weighted by molar-refractivity contribution is 7.89. The largest absolute Gasteiger partial charge is 0.321 e. The fourth-order valence-electron chi connectivity index (χ4n) is 4.42. The average molecular weight is 486 g/mol. The number of rotatable bonds is 6. The molecule has 1 N–H and O–H groups in total. The number of amides is 1. The summed E-state index contributed by atoms with van der Waals surface area (Å²) >= 11 is 0. The second-order valence-corrected chi connectivity index (χ2v) is 10.6. The number of nitrogens with zero attached hydrogens (tertiary/aromatic N) is 2. The minimum absolute atomic E-state index is 0.146. The van der Waals surface area contributed by atoms with Crippen molar-refractivity contribution in [2.45, 2.75) is 11.4 Å². The second kappa shape index (κ2) is 10.00. The molecule has 6 nitrogen and oxygen atoms in total. The smallest absolute Gasteiger partial charge is 0.255 e. The van der Waals surface area contributed by atoms with E-state index in [9.17, 15) is 13.2 Å². The third-order valence-electron chi connectivity index (χ3n) is 6.37. The molecule has 1 aliphatic heterocycles. The predicted octanol–water partition coefficient (Wildman–Crippen LogP) is 4.60. The van der Waals surface area contributed by atoms with Crippen molar-refractivity contribution in [3.05, 3.63) is 108 Å². The van der Waals surface area contributed by atoms with Crippen LogP contribution in [0.5, 0.6) is 0 Å². The molecule has 0 saturated carbocycles. The van der Waals surface area contributed by atoms with Crippen molar-refractivity contribution in [3.63, 3.8) is 0 Å². The van der Waals surface area contributed by atoms with Crippen molar-refractivity contribution in [2.75, 3.05) is 31.5 Å². The Bertz CT molecular complexity index is 1420. The van der Waals surface area contributed by atoms with Gasteiger partial charge >= 0.3 is 0 Å². The van der Waals surface area contributed by atoms with Crippen LogP contribution in [0.25, 0.3) is 10.8 Å². The molecular weight excluding hydrogens is 458 g/mol. The van der Waals surface area contributed by atoms with E-state index in [1.165, 1.54) is 0 Å². The molecule has 7 heteroatoms. The summed E-state index contributed by atoms with van der Waals surface area (Å²) in [7, 11) is -3.45. The van der Waals surface area contributed by atoms with Gasteiger partial charge in [-0.15, -0.1) is 0 Å². The number of sulfonamides is 1. The molecule has 0 atom stereocenters. The highest BCUT2D eigenvalue weighted by Gasteiger charge is 2.28. The number of piperazine rings is 1. The van der Waals surface area contributed by atoms with E-state index in [4.69, 9.17) is 0 Å². The first-order valence-corrected chi connectivity index (χ1v) is 13.1. The van der Waals surface area contributed by atoms with Gasteiger partial charge in [0.1, 0.15) is 0 Å². The maximum Gasteiger partial charge on any atom is 0.255 e. The predicted molar refractivity (Wildman–Crippen MR) is 139 cm³/mol. The van der Waals surface area contributed by atoms with E-state index in [2.05, 4.69) is 10.2 Å². The zero-order chi connectivity index (χ0) is 24.3. The topological polar surface area (TPSA) is 69.7 Å². The number of nitrogens with one attached hydrogen (secondary N) is 1. The minimum Gasteiger partial charge on any atom is -0.321 e. The Labute approximate surface area is 205 Å². The van der Waals surface area contributed by atoms with Gasteiger partial charge in [0.2, 0.25) is 10.0 Å². The molecule has 0 radical (unpaired) electrons. The first kappa shape index (κ1) is 23.2. The number of hydrogen-bond acceptors (Lipinski definition) is 4. The molecule has 0 aromatic heterocycles. The van der Waals surface area contributed by atoms with Crippen molar-refractivity contribution in [3.8, 4) is 0 Å². The molecule has 4 aromatic carbocycles. The molecule has 35 heavy (non-hydrogen) atoms. The fraction of sp³-hybridized carbons (Fsp3) is 0.179. The van der Waals surface area contributed by atoms with Gasteiger partial charge in [0.15, 0.2) is 0 Å². The van der Waals surface area contributed by atoms with Crippen molar-refractivity contribution in [2.24, 2.45) is 0 Å². The van der Waals surface area contributed by atoms with E-state index >= 15 is 0 Å². The van der Waals surface area contributed by atoms with Crippen molar-refractivity contribution in [1.82, 2.24) is 9.21 Å². The van der Waals surface area contributed by atoms with Crippen LogP contribution in [0.4, 0.5) is 5.69 Å². The molecule has 0 bridgehead atoms. The Kier molecular flexibility index (Phi) is 6.63. The molecule has 1 heterocycles. The van der Waals surface area contributed by atoms with Gasteiger partial charge in [0.05, 0.1) is 4.90 Å². The van der Waals surface area contributed by atoms with Crippen LogP contribution in [0.2, 0.25) is 0 Å². The third kappa shape index (κ3) is 5.12. The highest BCUT2D eigenvalue weighted by atomic mass is 32.2. The van der Waals surface area contributed by atoms with Crippen LogP contribution in [-0.2, 0) is 16.6 Å². The lowest BCUT2D eigenvalue weighted by Crippen LogP contribution is -2.48. The molecule has 1 amide bonds. The van der Waals surface area contributed by atoms with Crippen LogP contribution in [0.15, 0.2) is 102 Å². The van der Waals surface area contributed by atoms with Crippen LogP contribution in [0.3, 0.4) is 0 Å². The Morgan fingerprint density at radius 2 is 1.40 bits per heavy atom. The summed E-state index contributed by atoms with van der Waals surface area (Å²) in [5.41, 5.74) is 2.48. The lowest BCUT2D eigenvalue weighted by molar-refractivity contribution is 0.102.